The largest absolute Gasteiger partial charge is 0.496 e. The monoisotopic (exact) mass is 424 g/mol. The van der Waals surface area contributed by atoms with Gasteiger partial charge in [0.2, 0.25) is 6.10 Å². The van der Waals surface area contributed by atoms with Crippen LogP contribution in [0.5, 0.6) is 5.75 Å². The average Bonchev–Trinajstić information content (AvgIpc) is 3.35. The van der Waals surface area contributed by atoms with E-state index in [1.165, 1.54) is 0 Å². The van der Waals surface area contributed by atoms with Gasteiger partial charge < -0.3 is 14.9 Å². The zero-order valence-electron chi connectivity index (χ0n) is 16.6. The topological polar surface area (TPSA) is 77.7 Å². The number of carbonyl (C=O) groups excluding carboxylic acids is 1. The number of aryl methyl sites for hydroxylation is 1. The van der Waals surface area contributed by atoms with Gasteiger partial charge in [-0.1, -0.05) is 41.0 Å². The first kappa shape index (κ1) is 20.0. The number of oxime groups is 1. The normalized spacial score (nSPS) is 15.4. The Morgan fingerprint density at radius 2 is 2.10 bits per heavy atom. The lowest BCUT2D eigenvalue weighted by atomic mass is 10.0. The summed E-state index contributed by atoms with van der Waals surface area (Å²) in [4.78, 5) is 18.0. The summed E-state index contributed by atoms with van der Waals surface area (Å²) in [6.07, 6.45) is -0.364. The maximum absolute atomic E-state index is 12.7. The summed E-state index contributed by atoms with van der Waals surface area (Å²) in [6.45, 7) is 2.49. The second-order valence-electron chi connectivity index (χ2n) is 6.98. The molecule has 8 heteroatoms. The molecule has 0 spiro atoms. The number of anilines is 1. The van der Waals surface area contributed by atoms with Gasteiger partial charge >= 0.3 is 0 Å². The van der Waals surface area contributed by atoms with Gasteiger partial charge in [-0.05, 0) is 36.8 Å². The van der Waals surface area contributed by atoms with E-state index in [1.807, 2.05) is 66.2 Å². The van der Waals surface area contributed by atoms with Crippen LogP contribution in [0, 0.1) is 6.92 Å². The number of nitrogens with one attached hydrogen (secondary N) is 1. The van der Waals surface area contributed by atoms with Gasteiger partial charge in [-0.3, -0.25) is 9.48 Å². The fraction of sp³-hybridized carbons (Fsp3) is 0.227. The number of halogens is 1. The minimum atomic E-state index is -0.719. The molecule has 1 aliphatic heterocycles. The quantitative estimate of drug-likeness (QED) is 0.648. The van der Waals surface area contributed by atoms with Gasteiger partial charge in [0.15, 0.2) is 5.82 Å². The Hall–Kier alpha value is -3.32. The smallest absolute Gasteiger partial charge is 0.269 e. The first-order valence-electron chi connectivity index (χ1n) is 9.49. The van der Waals surface area contributed by atoms with E-state index in [-0.39, 0.29) is 5.91 Å². The van der Waals surface area contributed by atoms with Gasteiger partial charge in [0, 0.05) is 28.8 Å². The number of ether oxygens (including phenoxy) is 1. The molecule has 30 heavy (non-hydrogen) atoms. The molecule has 1 atom stereocenters. The zero-order valence-corrected chi connectivity index (χ0v) is 17.4. The molecule has 0 aliphatic carbocycles. The number of hydrogen-bond acceptors (Lipinski definition) is 5. The Bertz CT molecular complexity index is 1110. The Labute approximate surface area is 179 Å². The van der Waals surface area contributed by atoms with Crippen LogP contribution < -0.4 is 10.1 Å². The Balaban J connectivity index is 1.40. The molecule has 2 heterocycles. The van der Waals surface area contributed by atoms with Crippen LogP contribution in [0.1, 0.15) is 23.2 Å². The highest BCUT2D eigenvalue weighted by atomic mass is 35.5. The number of para-hydroxylation sites is 1. The number of rotatable bonds is 6. The summed E-state index contributed by atoms with van der Waals surface area (Å²) in [5.41, 5.74) is 3.44. The SMILES string of the molecule is COc1ccccc1C1=NOC(C(=O)Nc2cc(C)n(Cc3cccc(Cl)c3)n2)C1. The van der Waals surface area contributed by atoms with Crippen molar-refractivity contribution in [2.24, 2.45) is 5.16 Å². The fourth-order valence-electron chi connectivity index (χ4n) is 3.31. The molecule has 4 rings (SSSR count). The zero-order chi connectivity index (χ0) is 21.1. The van der Waals surface area contributed by atoms with E-state index in [1.54, 1.807) is 7.11 Å². The van der Waals surface area contributed by atoms with Crippen molar-refractivity contribution >= 4 is 29.0 Å². The van der Waals surface area contributed by atoms with Crippen LogP contribution in [0.2, 0.25) is 5.02 Å². The van der Waals surface area contributed by atoms with Crippen molar-refractivity contribution in [2.75, 3.05) is 12.4 Å². The molecule has 1 aliphatic rings. The maximum atomic E-state index is 12.7. The van der Waals surface area contributed by atoms with Crippen molar-refractivity contribution in [2.45, 2.75) is 26.0 Å². The van der Waals surface area contributed by atoms with E-state index in [9.17, 15) is 4.79 Å². The summed E-state index contributed by atoms with van der Waals surface area (Å²) in [6, 6.07) is 16.9. The Morgan fingerprint density at radius 1 is 1.27 bits per heavy atom. The Kier molecular flexibility index (Phi) is 5.72. The van der Waals surface area contributed by atoms with Crippen LogP contribution in [-0.2, 0) is 16.2 Å². The van der Waals surface area contributed by atoms with Crippen LogP contribution in [0.4, 0.5) is 5.82 Å². The molecule has 1 N–H and O–H groups in total. The van der Waals surface area contributed by atoms with Crippen molar-refractivity contribution < 1.29 is 14.4 Å². The number of carbonyl (C=O) groups is 1. The Morgan fingerprint density at radius 3 is 2.90 bits per heavy atom. The number of hydrogen-bond donors (Lipinski definition) is 1. The fourth-order valence-corrected chi connectivity index (χ4v) is 3.52. The van der Waals surface area contributed by atoms with Crippen LogP contribution >= 0.6 is 11.6 Å². The number of nitrogens with zero attached hydrogens (tertiary/aromatic N) is 3. The van der Waals surface area contributed by atoms with Gasteiger partial charge in [0.1, 0.15) is 5.75 Å². The van der Waals surface area contributed by atoms with Gasteiger partial charge in [-0.2, -0.15) is 5.10 Å². The molecule has 7 nitrogen and oxygen atoms in total. The van der Waals surface area contributed by atoms with Gasteiger partial charge in [0.25, 0.3) is 5.91 Å². The number of benzene rings is 2. The van der Waals surface area contributed by atoms with Crippen molar-refractivity contribution in [1.82, 2.24) is 9.78 Å². The van der Waals surface area contributed by atoms with Gasteiger partial charge in [-0.25, -0.2) is 0 Å². The van der Waals surface area contributed by atoms with Crippen molar-refractivity contribution in [3.63, 3.8) is 0 Å². The van der Waals surface area contributed by atoms with E-state index in [0.717, 1.165) is 16.8 Å². The van der Waals surface area contributed by atoms with E-state index >= 15 is 0 Å². The lowest BCUT2D eigenvalue weighted by molar-refractivity contribution is -0.125. The second-order valence-corrected chi connectivity index (χ2v) is 7.42. The summed E-state index contributed by atoms with van der Waals surface area (Å²) >= 11 is 6.05. The molecule has 1 unspecified atom stereocenters. The molecule has 0 saturated carbocycles. The highest BCUT2D eigenvalue weighted by Gasteiger charge is 2.30. The summed E-state index contributed by atoms with van der Waals surface area (Å²) in [7, 11) is 1.60. The van der Waals surface area contributed by atoms with Gasteiger partial charge in [-0.15, -0.1) is 0 Å². The van der Waals surface area contributed by atoms with Crippen molar-refractivity contribution in [3.8, 4) is 5.75 Å². The third-order valence-corrected chi connectivity index (χ3v) is 5.07. The van der Waals surface area contributed by atoms with Crippen LogP contribution in [-0.4, -0.2) is 34.6 Å². The minimum absolute atomic E-state index is 0.295. The molecular formula is C22H21ClN4O3. The lowest BCUT2D eigenvalue weighted by Crippen LogP contribution is -2.28. The molecule has 2 aromatic carbocycles. The lowest BCUT2D eigenvalue weighted by Gasteiger charge is -2.08. The molecule has 0 fully saturated rings. The molecule has 1 aromatic heterocycles. The number of aromatic nitrogens is 2. The van der Waals surface area contributed by atoms with Crippen molar-refractivity contribution in [1.29, 1.82) is 0 Å². The molecule has 0 radical (unpaired) electrons. The third-order valence-electron chi connectivity index (χ3n) is 4.83. The van der Waals surface area contributed by atoms with Crippen LogP contribution in [0.25, 0.3) is 0 Å². The molecule has 0 saturated heterocycles. The predicted octanol–water partition coefficient (Wildman–Crippen LogP) is 4.03. The first-order chi connectivity index (χ1) is 14.5. The molecule has 1 amide bonds. The molecule has 0 bridgehead atoms. The molecule has 154 valence electrons. The molecule has 3 aromatic rings. The van der Waals surface area contributed by atoms with Crippen LogP contribution in [0.3, 0.4) is 0 Å². The summed E-state index contributed by atoms with van der Waals surface area (Å²) in [5, 5.41) is 12.1. The predicted molar refractivity (Wildman–Crippen MR) is 115 cm³/mol. The minimum Gasteiger partial charge on any atom is -0.496 e. The van der Waals surface area contributed by atoms with Crippen molar-refractivity contribution in [3.05, 3.63) is 76.4 Å². The van der Waals surface area contributed by atoms with Crippen LogP contribution in [0.15, 0.2) is 59.8 Å². The van der Waals surface area contributed by atoms with E-state index < -0.39 is 6.10 Å². The average molecular weight is 425 g/mol. The molecular weight excluding hydrogens is 404 g/mol. The highest BCUT2D eigenvalue weighted by molar-refractivity contribution is 6.30. The second kappa shape index (κ2) is 8.59. The third kappa shape index (κ3) is 4.31. The number of amides is 1. The summed E-state index contributed by atoms with van der Waals surface area (Å²) < 4.78 is 7.18. The van der Waals surface area contributed by atoms with E-state index in [0.29, 0.717) is 35.3 Å². The first-order valence-corrected chi connectivity index (χ1v) is 9.87. The number of methoxy groups -OCH3 is 1. The van der Waals surface area contributed by atoms with Gasteiger partial charge in [0.05, 0.1) is 19.4 Å². The maximum Gasteiger partial charge on any atom is 0.269 e. The van der Waals surface area contributed by atoms with E-state index in [2.05, 4.69) is 15.6 Å². The standard InChI is InChI=1S/C22H21ClN4O3/c1-14-10-21(25-27(14)13-15-6-5-7-16(23)11-15)24-22(28)20-12-18(26-30-20)17-8-3-4-9-19(17)29-2/h3-11,20H,12-13H2,1-2H3,(H,24,25,28). The van der Waals surface area contributed by atoms with E-state index in [4.69, 9.17) is 21.2 Å². The highest BCUT2D eigenvalue weighted by Crippen LogP contribution is 2.25. The summed E-state index contributed by atoms with van der Waals surface area (Å²) in [5.74, 6) is 0.862.